The quantitative estimate of drug-likeness (QED) is 0.542. The van der Waals surface area contributed by atoms with Gasteiger partial charge in [-0.15, -0.1) is 0 Å². The maximum Gasteiger partial charge on any atom is 0.192 e. The smallest absolute Gasteiger partial charge is 0.192 e. The van der Waals surface area contributed by atoms with Crippen LogP contribution < -0.4 is 10.5 Å². The van der Waals surface area contributed by atoms with Crippen molar-refractivity contribution in [3.63, 3.8) is 0 Å². The molecule has 4 nitrogen and oxygen atoms in total. The highest BCUT2D eigenvalue weighted by Crippen LogP contribution is 2.36. The van der Waals surface area contributed by atoms with E-state index in [0.29, 0.717) is 16.3 Å². The van der Waals surface area contributed by atoms with Gasteiger partial charge in [-0.2, -0.15) is 0 Å². The maximum absolute atomic E-state index is 12.6. The van der Waals surface area contributed by atoms with Crippen LogP contribution in [0.25, 0.3) is 0 Å². The van der Waals surface area contributed by atoms with E-state index in [4.69, 9.17) is 26.5 Å². The van der Waals surface area contributed by atoms with Gasteiger partial charge in [-0.3, -0.25) is 4.79 Å². The second-order valence-corrected chi connectivity index (χ2v) is 13.6. The number of carbonyl (C=O) groups is 1. The lowest BCUT2D eigenvalue weighted by Gasteiger charge is -2.36. The first-order chi connectivity index (χ1) is 11.5. The van der Waals surface area contributed by atoms with Crippen molar-refractivity contribution in [2.75, 3.05) is 6.61 Å². The maximum atomic E-state index is 12.6. The zero-order valence-electron chi connectivity index (χ0n) is 15.9. The van der Waals surface area contributed by atoms with Gasteiger partial charge in [-0.25, -0.2) is 0 Å². The van der Waals surface area contributed by atoms with E-state index < -0.39 is 14.4 Å². The third-order valence-electron chi connectivity index (χ3n) is 5.33. The highest BCUT2D eigenvalue weighted by Gasteiger charge is 2.37. The summed E-state index contributed by atoms with van der Waals surface area (Å²) in [5, 5.41) is 0.537. The van der Waals surface area contributed by atoms with Gasteiger partial charge in [0.05, 0.1) is 23.8 Å². The van der Waals surface area contributed by atoms with Gasteiger partial charge < -0.3 is 14.9 Å². The zero-order valence-corrected chi connectivity index (χ0v) is 17.7. The van der Waals surface area contributed by atoms with Crippen molar-refractivity contribution in [2.24, 2.45) is 5.73 Å². The first-order valence-electron chi connectivity index (χ1n) is 8.91. The summed E-state index contributed by atoms with van der Waals surface area (Å²) in [5.41, 5.74) is 6.57. The second kappa shape index (κ2) is 7.78. The van der Waals surface area contributed by atoms with Crippen LogP contribution in [-0.4, -0.2) is 32.9 Å². The molecule has 0 amide bonds. The van der Waals surface area contributed by atoms with Crippen molar-refractivity contribution in [3.05, 3.63) is 28.8 Å². The van der Waals surface area contributed by atoms with Crippen LogP contribution in [0.15, 0.2) is 18.2 Å². The van der Waals surface area contributed by atoms with Crippen molar-refractivity contribution in [1.29, 1.82) is 0 Å². The molecular formula is C19H30ClNO3Si. The summed E-state index contributed by atoms with van der Waals surface area (Å²) in [6, 6.07) is 4.44. The number of benzene rings is 1. The van der Waals surface area contributed by atoms with Crippen LogP contribution in [0.2, 0.25) is 23.2 Å². The highest BCUT2D eigenvalue weighted by atomic mass is 35.5. The summed E-state index contributed by atoms with van der Waals surface area (Å²) >= 11 is 6.27. The fourth-order valence-corrected chi connectivity index (χ4v) is 3.48. The Bertz CT molecular complexity index is 624. The SMILES string of the molecule is CC(C)(C)[Si](C)(C)OC[C@@H](N)C(=O)c1ccc(OC2CCC2)c(Cl)c1. The number of halogens is 1. The Morgan fingerprint density at radius 3 is 2.48 bits per heavy atom. The number of Topliss-reactive ketones (excluding diaryl/α,β-unsaturated/α-hetero) is 1. The molecule has 1 aromatic rings. The van der Waals surface area contributed by atoms with Gasteiger partial charge in [0.1, 0.15) is 5.75 Å². The summed E-state index contributed by atoms with van der Waals surface area (Å²) in [6.45, 7) is 11.0. The van der Waals surface area contributed by atoms with Crippen molar-refractivity contribution in [1.82, 2.24) is 0 Å². The minimum absolute atomic E-state index is 0.0829. The molecular weight excluding hydrogens is 354 g/mol. The molecule has 0 unspecified atom stereocenters. The second-order valence-electron chi connectivity index (χ2n) is 8.36. The van der Waals surface area contributed by atoms with E-state index in [0.717, 1.165) is 12.8 Å². The summed E-state index contributed by atoms with van der Waals surface area (Å²) in [4.78, 5) is 12.6. The summed E-state index contributed by atoms with van der Waals surface area (Å²) < 4.78 is 11.9. The molecule has 140 valence electrons. The van der Waals surface area contributed by atoms with Gasteiger partial charge >= 0.3 is 0 Å². The van der Waals surface area contributed by atoms with E-state index in [9.17, 15) is 4.79 Å². The fourth-order valence-electron chi connectivity index (χ4n) is 2.22. The number of ketones is 1. The van der Waals surface area contributed by atoms with Crippen LogP contribution in [0.5, 0.6) is 5.75 Å². The summed E-state index contributed by atoms with van der Waals surface area (Å²) in [5.74, 6) is 0.477. The van der Waals surface area contributed by atoms with Gasteiger partial charge in [-0.1, -0.05) is 32.4 Å². The van der Waals surface area contributed by atoms with Crippen LogP contribution in [0.3, 0.4) is 0 Å². The van der Waals surface area contributed by atoms with E-state index in [2.05, 4.69) is 33.9 Å². The van der Waals surface area contributed by atoms with Gasteiger partial charge in [0.2, 0.25) is 0 Å². The van der Waals surface area contributed by atoms with Crippen LogP contribution in [0.4, 0.5) is 0 Å². The molecule has 0 spiro atoms. The van der Waals surface area contributed by atoms with E-state index in [-0.39, 0.29) is 23.5 Å². The van der Waals surface area contributed by atoms with Gasteiger partial charge in [-0.05, 0) is 55.6 Å². The molecule has 0 radical (unpaired) electrons. The van der Waals surface area contributed by atoms with Crippen LogP contribution in [0, 0.1) is 0 Å². The molecule has 0 aliphatic heterocycles. The fraction of sp³-hybridized carbons (Fsp3) is 0.632. The van der Waals surface area contributed by atoms with E-state index in [1.165, 1.54) is 6.42 Å². The molecule has 1 aliphatic carbocycles. The summed E-state index contributed by atoms with van der Waals surface area (Å²) in [6.07, 6.45) is 3.57. The van der Waals surface area contributed by atoms with Crippen LogP contribution in [0.1, 0.15) is 50.4 Å². The molecule has 1 fully saturated rings. The third kappa shape index (κ3) is 5.06. The number of ether oxygens (including phenoxy) is 1. The zero-order chi connectivity index (χ0) is 18.8. The molecule has 0 heterocycles. The predicted molar refractivity (Wildman–Crippen MR) is 105 cm³/mol. The molecule has 0 bridgehead atoms. The van der Waals surface area contributed by atoms with Crippen molar-refractivity contribution >= 4 is 25.7 Å². The van der Waals surface area contributed by atoms with Crippen molar-refractivity contribution in [3.8, 4) is 5.75 Å². The minimum atomic E-state index is -1.93. The molecule has 2 N–H and O–H groups in total. The lowest BCUT2D eigenvalue weighted by atomic mass is 9.96. The first kappa shape index (κ1) is 20.4. The molecule has 0 aromatic heterocycles. The Morgan fingerprint density at radius 1 is 1.36 bits per heavy atom. The van der Waals surface area contributed by atoms with Crippen molar-refractivity contribution < 1.29 is 14.0 Å². The molecule has 6 heteroatoms. The topological polar surface area (TPSA) is 61.5 Å². The lowest BCUT2D eigenvalue weighted by Crippen LogP contribution is -2.46. The number of nitrogens with two attached hydrogens (primary N) is 1. The molecule has 1 aromatic carbocycles. The monoisotopic (exact) mass is 383 g/mol. The van der Waals surface area contributed by atoms with Crippen LogP contribution in [-0.2, 0) is 4.43 Å². The van der Waals surface area contributed by atoms with E-state index in [1.807, 2.05) is 0 Å². The van der Waals surface area contributed by atoms with Gasteiger partial charge in [0, 0.05) is 5.56 Å². The molecule has 1 aliphatic rings. The average Bonchev–Trinajstić information content (AvgIpc) is 2.47. The normalized spacial score (nSPS) is 17.1. The Morgan fingerprint density at radius 2 is 2.00 bits per heavy atom. The molecule has 2 rings (SSSR count). The first-order valence-corrected chi connectivity index (χ1v) is 12.2. The number of hydrogen-bond donors (Lipinski definition) is 1. The number of rotatable bonds is 7. The Labute approximate surface area is 157 Å². The van der Waals surface area contributed by atoms with E-state index >= 15 is 0 Å². The van der Waals surface area contributed by atoms with Crippen molar-refractivity contribution in [2.45, 2.75) is 70.3 Å². The molecule has 0 saturated heterocycles. The largest absolute Gasteiger partial charge is 0.489 e. The van der Waals surface area contributed by atoms with Crippen LogP contribution >= 0.6 is 11.6 Å². The lowest BCUT2D eigenvalue weighted by molar-refractivity contribution is 0.0928. The van der Waals surface area contributed by atoms with Gasteiger partial charge in [0.15, 0.2) is 14.1 Å². The minimum Gasteiger partial charge on any atom is -0.489 e. The highest BCUT2D eigenvalue weighted by molar-refractivity contribution is 6.74. The Kier molecular flexibility index (Phi) is 6.36. The summed E-state index contributed by atoms with van der Waals surface area (Å²) in [7, 11) is -1.93. The average molecular weight is 384 g/mol. The molecule has 1 saturated carbocycles. The Balaban J connectivity index is 1.98. The number of carbonyl (C=O) groups excluding carboxylic acids is 1. The van der Waals surface area contributed by atoms with Gasteiger partial charge in [0.25, 0.3) is 0 Å². The van der Waals surface area contributed by atoms with E-state index in [1.54, 1.807) is 18.2 Å². The molecule has 25 heavy (non-hydrogen) atoms. The number of hydrogen-bond acceptors (Lipinski definition) is 4. The third-order valence-corrected chi connectivity index (χ3v) is 10.1. The predicted octanol–water partition coefficient (Wildman–Crippen LogP) is 4.80. The standard InChI is InChI=1S/C19H30ClNO3Si/c1-19(2,3)25(4,5)23-12-16(21)18(22)13-9-10-17(15(20)11-13)24-14-7-6-8-14/h9-11,14,16H,6-8,12,21H2,1-5H3/t16-/m1/s1. The molecule has 1 atom stereocenters. The Hall–Kier alpha value is -0.883.